The van der Waals surface area contributed by atoms with Gasteiger partial charge in [-0.1, -0.05) is 24.3 Å². The van der Waals surface area contributed by atoms with Gasteiger partial charge in [-0.15, -0.1) is 0 Å². The Morgan fingerprint density at radius 1 is 0.868 bits per heavy atom. The number of carbonyl (C=O) groups is 1. The molecule has 0 aliphatic heterocycles. The normalized spacial score (nSPS) is 10.8. The largest absolute Gasteiger partial charge is 0.497 e. The van der Waals surface area contributed by atoms with Crippen LogP contribution in [-0.2, 0) is 24.2 Å². The molecule has 0 saturated carbocycles. The van der Waals surface area contributed by atoms with Gasteiger partial charge in [0, 0.05) is 25.6 Å². The van der Waals surface area contributed by atoms with E-state index in [2.05, 4.69) is 16.0 Å². The zero-order valence-electron chi connectivity index (χ0n) is 22.2. The number of para-hydroxylation sites is 2. The van der Waals surface area contributed by atoms with E-state index in [0.717, 1.165) is 53.3 Å². The summed E-state index contributed by atoms with van der Waals surface area (Å²) in [6.07, 6.45) is 2.77. The zero-order chi connectivity index (χ0) is 26.7. The number of unbranched alkanes of at least 4 members (excludes halogenated alkanes) is 1. The third kappa shape index (κ3) is 6.97. The monoisotopic (exact) mass is 517 g/mol. The van der Waals surface area contributed by atoms with Gasteiger partial charge in [-0.3, -0.25) is 4.79 Å². The van der Waals surface area contributed by atoms with Crippen LogP contribution in [0.15, 0.2) is 66.7 Å². The van der Waals surface area contributed by atoms with Crippen LogP contribution in [-0.4, -0.2) is 49.9 Å². The van der Waals surface area contributed by atoms with Gasteiger partial charge in [0.15, 0.2) is 11.5 Å². The molecule has 1 heterocycles. The predicted octanol–water partition coefficient (Wildman–Crippen LogP) is 4.82. The molecule has 200 valence electrons. The minimum Gasteiger partial charge on any atom is -0.497 e. The fourth-order valence-corrected chi connectivity index (χ4v) is 4.37. The van der Waals surface area contributed by atoms with E-state index in [1.165, 1.54) is 0 Å². The maximum absolute atomic E-state index is 12.6. The maximum Gasteiger partial charge on any atom is 0.224 e. The van der Waals surface area contributed by atoms with Crippen molar-refractivity contribution in [1.29, 1.82) is 0 Å². The van der Waals surface area contributed by atoms with Crippen molar-refractivity contribution >= 4 is 16.9 Å². The summed E-state index contributed by atoms with van der Waals surface area (Å²) in [5, 5.41) is 3.03. The molecule has 38 heavy (non-hydrogen) atoms. The minimum atomic E-state index is -0.0467. The number of aromatic nitrogens is 2. The van der Waals surface area contributed by atoms with Crippen molar-refractivity contribution in [3.8, 4) is 23.0 Å². The number of fused-ring (bicyclic) bond motifs is 1. The number of nitrogens with one attached hydrogen (secondary N) is 1. The molecule has 1 N–H and O–H groups in total. The van der Waals surface area contributed by atoms with Crippen molar-refractivity contribution in [3.05, 3.63) is 78.1 Å². The van der Waals surface area contributed by atoms with Crippen LogP contribution in [0.4, 0.5) is 0 Å². The molecule has 0 fully saturated rings. The molecule has 0 unspecified atom stereocenters. The van der Waals surface area contributed by atoms with Crippen molar-refractivity contribution in [1.82, 2.24) is 14.9 Å². The Kier molecular flexibility index (Phi) is 9.45. The molecule has 0 atom stereocenters. The van der Waals surface area contributed by atoms with E-state index in [1.807, 2.05) is 60.7 Å². The third-order valence-electron chi connectivity index (χ3n) is 6.30. The first-order valence-corrected chi connectivity index (χ1v) is 12.8. The van der Waals surface area contributed by atoms with Gasteiger partial charge in [-0.05, 0) is 54.8 Å². The highest BCUT2D eigenvalue weighted by molar-refractivity contribution is 5.79. The lowest BCUT2D eigenvalue weighted by Gasteiger charge is -2.12. The quantitative estimate of drug-likeness (QED) is 0.242. The molecule has 4 aromatic rings. The van der Waals surface area contributed by atoms with Crippen LogP contribution >= 0.6 is 0 Å². The lowest BCUT2D eigenvalue weighted by atomic mass is 10.1. The molecule has 4 rings (SSSR count). The number of carbonyl (C=O) groups excluding carboxylic acids is 1. The summed E-state index contributed by atoms with van der Waals surface area (Å²) in [7, 11) is 4.82. The Balaban J connectivity index is 1.30. The second-order valence-electron chi connectivity index (χ2n) is 8.87. The van der Waals surface area contributed by atoms with Crippen LogP contribution in [0.2, 0.25) is 0 Å². The van der Waals surface area contributed by atoms with Crippen LogP contribution in [0.3, 0.4) is 0 Å². The van der Waals surface area contributed by atoms with E-state index in [-0.39, 0.29) is 12.3 Å². The molecule has 0 spiro atoms. The molecule has 8 heteroatoms. The molecule has 1 amide bonds. The highest BCUT2D eigenvalue weighted by atomic mass is 16.5. The average molecular weight is 518 g/mol. The van der Waals surface area contributed by atoms with Crippen molar-refractivity contribution in [2.75, 3.05) is 34.5 Å². The van der Waals surface area contributed by atoms with E-state index >= 15 is 0 Å². The van der Waals surface area contributed by atoms with E-state index in [9.17, 15) is 4.79 Å². The van der Waals surface area contributed by atoms with Crippen molar-refractivity contribution < 1.29 is 23.7 Å². The molecule has 3 aromatic carbocycles. The molecular formula is C30H35N3O5. The van der Waals surface area contributed by atoms with Gasteiger partial charge in [0.25, 0.3) is 0 Å². The summed E-state index contributed by atoms with van der Waals surface area (Å²) in [6, 6.07) is 21.3. The number of imidazole rings is 1. The summed E-state index contributed by atoms with van der Waals surface area (Å²) in [4.78, 5) is 17.4. The molecule has 0 aliphatic rings. The Hall–Kier alpha value is -4.20. The van der Waals surface area contributed by atoms with Gasteiger partial charge in [0.05, 0.1) is 45.4 Å². The number of hydrogen-bond donors (Lipinski definition) is 1. The predicted molar refractivity (Wildman–Crippen MR) is 147 cm³/mol. The summed E-state index contributed by atoms with van der Waals surface area (Å²) in [5.41, 5.74) is 2.93. The van der Waals surface area contributed by atoms with Crippen LogP contribution < -0.4 is 24.3 Å². The number of aryl methyl sites for hydroxylation is 1. The van der Waals surface area contributed by atoms with Gasteiger partial charge < -0.3 is 28.8 Å². The molecule has 0 radical (unpaired) electrons. The van der Waals surface area contributed by atoms with Gasteiger partial charge in [-0.25, -0.2) is 4.98 Å². The number of methoxy groups -OCH3 is 3. The number of nitrogens with zero attached hydrogens (tertiary/aromatic N) is 2. The van der Waals surface area contributed by atoms with E-state index in [4.69, 9.17) is 23.9 Å². The average Bonchev–Trinajstić information content (AvgIpc) is 3.30. The summed E-state index contributed by atoms with van der Waals surface area (Å²) in [6.45, 7) is 1.96. The van der Waals surface area contributed by atoms with Crippen LogP contribution in [0.1, 0.15) is 24.2 Å². The van der Waals surface area contributed by atoms with Gasteiger partial charge in [0.2, 0.25) is 5.91 Å². The Morgan fingerprint density at radius 2 is 1.68 bits per heavy atom. The van der Waals surface area contributed by atoms with E-state index < -0.39 is 0 Å². The highest BCUT2D eigenvalue weighted by Gasteiger charge is 2.12. The second kappa shape index (κ2) is 13.4. The maximum atomic E-state index is 12.6. The molecule has 8 nitrogen and oxygen atoms in total. The van der Waals surface area contributed by atoms with E-state index in [1.54, 1.807) is 21.3 Å². The van der Waals surface area contributed by atoms with Crippen molar-refractivity contribution in [3.63, 3.8) is 0 Å². The fourth-order valence-electron chi connectivity index (χ4n) is 4.37. The molecule has 0 aliphatic carbocycles. The van der Waals surface area contributed by atoms with Crippen LogP contribution in [0.5, 0.6) is 23.0 Å². The second-order valence-corrected chi connectivity index (χ2v) is 8.87. The molecule has 0 saturated heterocycles. The number of hydrogen-bond acceptors (Lipinski definition) is 6. The smallest absolute Gasteiger partial charge is 0.224 e. The van der Waals surface area contributed by atoms with Gasteiger partial charge >= 0.3 is 0 Å². The summed E-state index contributed by atoms with van der Waals surface area (Å²) >= 11 is 0. The zero-order valence-corrected chi connectivity index (χ0v) is 22.2. The summed E-state index contributed by atoms with van der Waals surface area (Å²) < 4.78 is 24.0. The molecular weight excluding hydrogens is 482 g/mol. The lowest BCUT2D eigenvalue weighted by molar-refractivity contribution is -0.120. The lowest BCUT2D eigenvalue weighted by Crippen LogP contribution is -2.28. The Bertz CT molecular complexity index is 1350. The third-order valence-corrected chi connectivity index (χ3v) is 6.30. The summed E-state index contributed by atoms with van der Waals surface area (Å²) in [5.74, 6) is 3.76. The van der Waals surface area contributed by atoms with Gasteiger partial charge in [-0.2, -0.15) is 0 Å². The van der Waals surface area contributed by atoms with E-state index in [0.29, 0.717) is 31.1 Å². The van der Waals surface area contributed by atoms with Crippen molar-refractivity contribution in [2.45, 2.75) is 32.2 Å². The topological polar surface area (TPSA) is 83.8 Å². The van der Waals surface area contributed by atoms with Crippen LogP contribution in [0, 0.1) is 0 Å². The first-order valence-electron chi connectivity index (χ1n) is 12.8. The molecule has 1 aromatic heterocycles. The SMILES string of the molecule is COc1cccc(OCCCCn2c(CCNC(=O)Cc3ccc(OC)c(OC)c3)nc3ccccc32)c1. The first-order chi connectivity index (χ1) is 18.6. The minimum absolute atomic E-state index is 0.0467. The van der Waals surface area contributed by atoms with Crippen molar-refractivity contribution in [2.24, 2.45) is 0 Å². The highest BCUT2D eigenvalue weighted by Crippen LogP contribution is 2.27. The molecule has 0 bridgehead atoms. The number of amides is 1. The number of benzene rings is 3. The van der Waals surface area contributed by atoms with Crippen LogP contribution in [0.25, 0.3) is 11.0 Å². The standard InChI is InChI=1S/C30H35N3O5/c1-35-23-9-8-10-24(21-23)38-18-7-6-17-33-26-12-5-4-11-25(26)32-29(33)15-16-31-30(34)20-22-13-14-27(36-2)28(19-22)37-3/h4-5,8-14,19,21H,6-7,15-18,20H2,1-3H3,(H,31,34). The fraction of sp³-hybridized carbons (Fsp3) is 0.333. The number of rotatable bonds is 14. The number of ether oxygens (including phenoxy) is 4. The first kappa shape index (κ1) is 26.9. The van der Waals surface area contributed by atoms with Gasteiger partial charge in [0.1, 0.15) is 17.3 Å². The Labute approximate surface area is 223 Å². The Morgan fingerprint density at radius 3 is 2.50 bits per heavy atom.